The van der Waals surface area contributed by atoms with Crippen LogP contribution in [-0.2, 0) is 0 Å². The summed E-state index contributed by atoms with van der Waals surface area (Å²) in [4.78, 5) is 1.13. The summed E-state index contributed by atoms with van der Waals surface area (Å²) < 4.78 is 12.6. The zero-order valence-electron chi connectivity index (χ0n) is 6.44. The van der Waals surface area contributed by atoms with Gasteiger partial charge in [-0.3, -0.25) is 0 Å². The molecule has 3 heteroatoms. The molecule has 0 aliphatic rings. The molecular formula is C8H10ClFS. The van der Waals surface area contributed by atoms with Crippen LogP contribution in [-0.4, -0.2) is 12.5 Å². The molecule has 0 fully saturated rings. The predicted octanol–water partition coefficient (Wildman–Crippen LogP) is 3.10. The molecule has 0 saturated heterocycles. The van der Waals surface area contributed by atoms with Crippen molar-refractivity contribution in [2.24, 2.45) is 0 Å². The Kier molecular flexibility index (Phi) is 2.79. The lowest BCUT2D eigenvalue weighted by Crippen LogP contribution is -1.81. The third-order valence-electron chi connectivity index (χ3n) is 1.42. The first-order valence-corrected chi connectivity index (χ1v) is 5.85. The van der Waals surface area contributed by atoms with Crippen LogP contribution in [0.15, 0.2) is 23.1 Å². The molecule has 0 aliphatic carbocycles. The Balaban J connectivity index is 3.05. The van der Waals surface area contributed by atoms with Crippen LogP contribution in [0, 0.1) is 5.82 Å². The van der Waals surface area contributed by atoms with Gasteiger partial charge in [0.2, 0.25) is 0 Å². The Hall–Kier alpha value is -0.210. The minimum atomic E-state index is -0.340. The van der Waals surface area contributed by atoms with Crippen molar-refractivity contribution in [2.45, 2.75) is 4.90 Å². The molecule has 0 heterocycles. The molecule has 11 heavy (non-hydrogen) atoms. The zero-order chi connectivity index (χ0) is 8.43. The van der Waals surface area contributed by atoms with Crippen molar-refractivity contribution in [1.82, 2.24) is 0 Å². The van der Waals surface area contributed by atoms with Crippen LogP contribution in [0.25, 0.3) is 0 Å². The second-order valence-corrected chi connectivity index (χ2v) is 5.21. The van der Waals surface area contributed by atoms with Gasteiger partial charge < -0.3 is 0 Å². The van der Waals surface area contributed by atoms with Crippen LogP contribution in [0.1, 0.15) is 0 Å². The van der Waals surface area contributed by atoms with Crippen LogP contribution in [0.3, 0.4) is 0 Å². The molecule has 1 rings (SSSR count). The van der Waals surface area contributed by atoms with Crippen molar-refractivity contribution in [3.8, 4) is 0 Å². The number of rotatable bonds is 1. The Bertz CT molecular complexity index is 260. The average Bonchev–Trinajstić information content (AvgIpc) is 1.94. The zero-order valence-corrected chi connectivity index (χ0v) is 8.09. The normalized spacial score (nSPS) is 11.5. The summed E-state index contributed by atoms with van der Waals surface area (Å²) in [6.07, 6.45) is 4.22. The average molecular weight is 193 g/mol. The Morgan fingerprint density at radius 1 is 1.36 bits per heavy atom. The van der Waals surface area contributed by atoms with E-state index in [4.69, 9.17) is 11.6 Å². The number of thiol groups is 1. The van der Waals surface area contributed by atoms with Crippen molar-refractivity contribution in [3.63, 3.8) is 0 Å². The number of benzene rings is 1. The molecule has 0 bridgehead atoms. The highest BCUT2D eigenvalue weighted by molar-refractivity contribution is 8.15. The molecule has 0 unspecified atom stereocenters. The van der Waals surface area contributed by atoms with E-state index in [0.717, 1.165) is 4.90 Å². The highest BCUT2D eigenvalue weighted by atomic mass is 35.5. The first kappa shape index (κ1) is 8.88. The molecule has 1 aromatic rings. The van der Waals surface area contributed by atoms with Gasteiger partial charge in [0.1, 0.15) is 5.82 Å². The molecule has 62 valence electrons. The van der Waals surface area contributed by atoms with Gasteiger partial charge in [-0.05, 0) is 35.6 Å². The second-order valence-electron chi connectivity index (χ2n) is 2.49. The molecular weight excluding hydrogens is 183 g/mol. The molecule has 0 amide bonds. The monoisotopic (exact) mass is 192 g/mol. The molecule has 0 aromatic heterocycles. The minimum absolute atomic E-state index is 0.175. The lowest BCUT2D eigenvalue weighted by atomic mass is 10.3. The van der Waals surface area contributed by atoms with Crippen LogP contribution in [0.4, 0.5) is 4.39 Å². The summed E-state index contributed by atoms with van der Waals surface area (Å²) >= 11 is 5.59. The van der Waals surface area contributed by atoms with Crippen molar-refractivity contribution < 1.29 is 4.39 Å². The van der Waals surface area contributed by atoms with E-state index in [2.05, 4.69) is 12.5 Å². The van der Waals surface area contributed by atoms with E-state index >= 15 is 0 Å². The maximum atomic E-state index is 12.6. The SMILES string of the molecule is C[SH](C)c1ccc(F)c(Cl)c1. The van der Waals surface area contributed by atoms with Gasteiger partial charge in [0.25, 0.3) is 0 Å². The highest BCUT2D eigenvalue weighted by Gasteiger charge is 2.00. The molecule has 0 spiro atoms. The summed E-state index contributed by atoms with van der Waals surface area (Å²) in [5.41, 5.74) is 0. The van der Waals surface area contributed by atoms with Crippen molar-refractivity contribution in [2.75, 3.05) is 12.5 Å². The lowest BCUT2D eigenvalue weighted by molar-refractivity contribution is 0.627. The Labute approximate surface area is 73.7 Å². The number of halogens is 2. The first-order chi connectivity index (χ1) is 5.11. The fourth-order valence-electron chi connectivity index (χ4n) is 0.763. The van der Waals surface area contributed by atoms with Crippen molar-refractivity contribution in [3.05, 3.63) is 29.0 Å². The molecule has 1 aromatic carbocycles. The summed E-state index contributed by atoms with van der Waals surface area (Å²) in [5.74, 6) is -0.340. The van der Waals surface area contributed by atoms with Gasteiger partial charge in [-0.25, -0.2) is 15.3 Å². The van der Waals surface area contributed by atoms with Crippen LogP contribution < -0.4 is 0 Å². The fourth-order valence-corrected chi connectivity index (χ4v) is 1.78. The van der Waals surface area contributed by atoms with E-state index in [1.807, 2.05) is 0 Å². The largest absolute Gasteiger partial charge is 0.233 e. The summed E-state index contributed by atoms with van der Waals surface area (Å²) in [6.45, 7) is 0. The molecule has 0 N–H and O–H groups in total. The van der Waals surface area contributed by atoms with Gasteiger partial charge >= 0.3 is 0 Å². The van der Waals surface area contributed by atoms with Crippen molar-refractivity contribution >= 4 is 22.5 Å². The van der Waals surface area contributed by atoms with Gasteiger partial charge in [-0.2, -0.15) is 0 Å². The van der Waals surface area contributed by atoms with Crippen LogP contribution in [0.2, 0.25) is 5.02 Å². The summed E-state index contributed by atoms with van der Waals surface area (Å²) in [5, 5.41) is 0.221. The fraction of sp³-hybridized carbons (Fsp3) is 0.250. The number of hydrogen-bond donors (Lipinski definition) is 1. The summed E-state index contributed by atoms with van der Waals surface area (Å²) in [6, 6.07) is 4.90. The van der Waals surface area contributed by atoms with E-state index in [1.54, 1.807) is 12.1 Å². The van der Waals surface area contributed by atoms with Gasteiger partial charge in [-0.15, -0.1) is 0 Å². The first-order valence-electron chi connectivity index (χ1n) is 3.23. The lowest BCUT2D eigenvalue weighted by Gasteiger charge is -2.09. The molecule has 0 nitrogen and oxygen atoms in total. The smallest absolute Gasteiger partial charge is 0.141 e. The maximum Gasteiger partial charge on any atom is 0.141 e. The Morgan fingerprint density at radius 2 is 2.00 bits per heavy atom. The third kappa shape index (κ3) is 2.11. The van der Waals surface area contributed by atoms with Gasteiger partial charge in [0.05, 0.1) is 5.02 Å². The number of hydrogen-bond acceptors (Lipinski definition) is 0. The van der Waals surface area contributed by atoms with Crippen LogP contribution >= 0.6 is 22.5 Å². The van der Waals surface area contributed by atoms with E-state index in [1.165, 1.54) is 6.07 Å². The Morgan fingerprint density at radius 3 is 2.45 bits per heavy atom. The minimum Gasteiger partial charge on any atom is -0.233 e. The van der Waals surface area contributed by atoms with E-state index in [9.17, 15) is 4.39 Å². The topological polar surface area (TPSA) is 0 Å². The summed E-state index contributed by atoms with van der Waals surface area (Å²) in [7, 11) is -0.175. The van der Waals surface area contributed by atoms with E-state index in [-0.39, 0.29) is 21.7 Å². The molecule has 0 saturated carbocycles. The van der Waals surface area contributed by atoms with Gasteiger partial charge in [0.15, 0.2) is 0 Å². The standard InChI is InChI=1S/C8H10ClFS/c1-11(2)6-3-4-8(10)7(9)5-6/h3-5,11H,1-2H3. The van der Waals surface area contributed by atoms with Gasteiger partial charge in [0, 0.05) is 0 Å². The second kappa shape index (κ2) is 3.46. The third-order valence-corrected chi connectivity index (χ3v) is 3.02. The molecule has 0 aliphatic heterocycles. The maximum absolute atomic E-state index is 12.6. The van der Waals surface area contributed by atoms with Crippen LogP contribution in [0.5, 0.6) is 0 Å². The molecule has 0 radical (unpaired) electrons. The van der Waals surface area contributed by atoms with Gasteiger partial charge in [-0.1, -0.05) is 11.6 Å². The molecule has 0 atom stereocenters. The highest BCUT2D eigenvalue weighted by Crippen LogP contribution is 2.30. The quantitative estimate of drug-likeness (QED) is 0.650. The van der Waals surface area contributed by atoms with E-state index in [0.29, 0.717) is 0 Å². The van der Waals surface area contributed by atoms with Crippen molar-refractivity contribution in [1.29, 1.82) is 0 Å². The van der Waals surface area contributed by atoms with E-state index < -0.39 is 0 Å². The predicted molar refractivity (Wildman–Crippen MR) is 50.5 cm³/mol.